The number of ether oxygens (including phenoxy) is 1. The maximum absolute atomic E-state index is 15.0. The lowest BCUT2D eigenvalue weighted by atomic mass is 9.77. The summed E-state index contributed by atoms with van der Waals surface area (Å²) in [6.07, 6.45) is 5.16. The van der Waals surface area contributed by atoms with Crippen molar-refractivity contribution in [3.05, 3.63) is 47.8 Å². The van der Waals surface area contributed by atoms with E-state index in [9.17, 15) is 45.2 Å². The molecule has 1 aromatic carbocycles. The molecule has 5 amide bonds. The molecule has 3 aliphatic carbocycles. The molecule has 332 valence electrons. The van der Waals surface area contributed by atoms with Gasteiger partial charge in [-0.05, 0) is 55.1 Å². The van der Waals surface area contributed by atoms with Crippen LogP contribution < -0.4 is 15.4 Å². The summed E-state index contributed by atoms with van der Waals surface area (Å²) in [7, 11) is -6.11. The molecule has 19 heteroatoms. The molecule has 0 aromatic heterocycles. The van der Waals surface area contributed by atoms with Crippen LogP contribution in [0.15, 0.2) is 30.9 Å². The minimum absolute atomic E-state index is 0.00470. The second kappa shape index (κ2) is 17.3. The van der Waals surface area contributed by atoms with E-state index in [1.165, 1.54) is 29.0 Å². The number of nitrogens with one attached hydrogen (secondary N) is 3. The SMILES string of the molecule is C=C[C@@H]1C[C@@]1(NC(=O)[C@@H]1C[C@@H](OC(=O)N2Cc3cccc(F)c3C2)CN1C(=O)[C@H](CC(=O)N[C@@H](CN(C)S(C)(=O)=O)C(C)(C)C)C1CCCCC1)C(=O)NS(=O)(=O)C1CC1. The second-order valence-corrected chi connectivity index (χ2v) is 22.5. The smallest absolute Gasteiger partial charge is 0.410 e. The Bertz CT molecular complexity index is 2100. The van der Waals surface area contributed by atoms with Crippen molar-refractivity contribution in [2.75, 3.05) is 26.4 Å². The molecule has 1 saturated heterocycles. The highest BCUT2D eigenvalue weighted by Gasteiger charge is 2.62. The molecule has 1 aromatic rings. The lowest BCUT2D eigenvalue weighted by Crippen LogP contribution is -2.57. The Labute approximate surface area is 352 Å². The number of carbonyl (C=O) groups is 5. The number of amides is 5. The zero-order chi connectivity index (χ0) is 43.9. The van der Waals surface area contributed by atoms with Gasteiger partial charge in [-0.1, -0.05) is 58.2 Å². The van der Waals surface area contributed by atoms with Crippen molar-refractivity contribution in [3.63, 3.8) is 0 Å². The zero-order valence-electron chi connectivity index (χ0n) is 35.1. The third-order valence-corrected chi connectivity index (χ3v) is 16.0. The van der Waals surface area contributed by atoms with Gasteiger partial charge in [0.2, 0.25) is 37.8 Å². The van der Waals surface area contributed by atoms with Crippen molar-refractivity contribution in [3.8, 4) is 0 Å². The van der Waals surface area contributed by atoms with E-state index >= 15 is 0 Å². The number of hydrogen-bond acceptors (Lipinski definition) is 10. The number of benzene rings is 1. The topological polar surface area (TPSA) is 209 Å². The van der Waals surface area contributed by atoms with Crippen LogP contribution in [-0.2, 0) is 57.1 Å². The van der Waals surface area contributed by atoms with E-state index in [0.29, 0.717) is 36.8 Å². The fraction of sp³-hybridized carbons (Fsp3) is 0.683. The lowest BCUT2D eigenvalue weighted by molar-refractivity contribution is -0.146. The average Bonchev–Trinajstić information content (AvgIpc) is 4.07. The summed E-state index contributed by atoms with van der Waals surface area (Å²) in [4.78, 5) is 73.1. The molecule has 60 heavy (non-hydrogen) atoms. The van der Waals surface area contributed by atoms with Gasteiger partial charge in [0.15, 0.2) is 0 Å². The Morgan fingerprint density at radius 1 is 1.05 bits per heavy atom. The Hall–Kier alpha value is -4.10. The van der Waals surface area contributed by atoms with Crippen LogP contribution in [-0.4, -0.2) is 116 Å². The Balaban J connectivity index is 1.25. The molecule has 2 aliphatic heterocycles. The van der Waals surface area contributed by atoms with Crippen molar-refractivity contribution in [1.29, 1.82) is 0 Å². The molecule has 5 aliphatic rings. The number of likely N-dealkylation sites (N-methyl/N-ethyl adjacent to an activating group) is 1. The molecule has 16 nitrogen and oxygen atoms in total. The molecule has 0 bridgehead atoms. The van der Waals surface area contributed by atoms with Gasteiger partial charge < -0.3 is 20.3 Å². The predicted octanol–water partition coefficient (Wildman–Crippen LogP) is 2.93. The number of carbonyl (C=O) groups excluding carboxylic acids is 5. The quantitative estimate of drug-likeness (QED) is 0.220. The lowest BCUT2D eigenvalue weighted by Gasteiger charge is -2.36. The first-order valence-corrected chi connectivity index (χ1v) is 24.2. The van der Waals surface area contributed by atoms with Crippen LogP contribution in [0, 0.1) is 29.0 Å². The van der Waals surface area contributed by atoms with Gasteiger partial charge in [-0.25, -0.2) is 30.3 Å². The molecule has 3 saturated carbocycles. The van der Waals surface area contributed by atoms with Crippen LogP contribution >= 0.6 is 0 Å². The van der Waals surface area contributed by atoms with Crippen LogP contribution in [0.5, 0.6) is 0 Å². The number of nitrogens with zero attached hydrogens (tertiary/aromatic N) is 3. The van der Waals surface area contributed by atoms with Gasteiger partial charge in [-0.3, -0.25) is 28.8 Å². The van der Waals surface area contributed by atoms with Gasteiger partial charge in [-0.15, -0.1) is 6.58 Å². The van der Waals surface area contributed by atoms with E-state index in [0.717, 1.165) is 29.8 Å². The highest BCUT2D eigenvalue weighted by Crippen LogP contribution is 2.46. The van der Waals surface area contributed by atoms with Gasteiger partial charge >= 0.3 is 6.09 Å². The highest BCUT2D eigenvalue weighted by molar-refractivity contribution is 7.91. The number of rotatable bonds is 15. The summed E-state index contributed by atoms with van der Waals surface area (Å²) in [5.41, 5.74) is -1.21. The summed E-state index contributed by atoms with van der Waals surface area (Å²) in [6, 6.07) is 2.68. The van der Waals surface area contributed by atoms with Gasteiger partial charge in [0.1, 0.15) is 23.5 Å². The van der Waals surface area contributed by atoms with Gasteiger partial charge in [0, 0.05) is 56.4 Å². The zero-order valence-corrected chi connectivity index (χ0v) is 36.7. The van der Waals surface area contributed by atoms with E-state index in [1.54, 1.807) is 12.1 Å². The van der Waals surface area contributed by atoms with E-state index < -0.39 is 102 Å². The summed E-state index contributed by atoms with van der Waals surface area (Å²) in [5.74, 6) is -4.83. The Morgan fingerprint density at radius 2 is 1.73 bits per heavy atom. The van der Waals surface area contributed by atoms with Crippen LogP contribution in [0.2, 0.25) is 0 Å². The molecule has 0 radical (unpaired) electrons. The van der Waals surface area contributed by atoms with Crippen LogP contribution in [0.3, 0.4) is 0 Å². The van der Waals surface area contributed by atoms with Crippen molar-refractivity contribution in [1.82, 2.24) is 29.5 Å². The highest BCUT2D eigenvalue weighted by atomic mass is 32.2. The van der Waals surface area contributed by atoms with Crippen molar-refractivity contribution >= 4 is 49.8 Å². The maximum atomic E-state index is 15.0. The average molecular weight is 879 g/mol. The van der Waals surface area contributed by atoms with Gasteiger partial charge in [-0.2, -0.15) is 0 Å². The molecule has 3 N–H and O–H groups in total. The van der Waals surface area contributed by atoms with Crippen LogP contribution in [0.25, 0.3) is 0 Å². The number of hydrogen-bond donors (Lipinski definition) is 3. The minimum atomic E-state index is -3.97. The number of halogens is 1. The molecular formula is C41H59FN6O10S2. The van der Waals surface area contributed by atoms with E-state index in [-0.39, 0.29) is 51.4 Å². The normalized spacial score (nSPS) is 25.6. The first-order chi connectivity index (χ1) is 28.0. The Kier molecular flexibility index (Phi) is 13.1. The molecule has 4 fully saturated rings. The van der Waals surface area contributed by atoms with Crippen molar-refractivity contribution in [2.45, 2.75) is 127 Å². The van der Waals surface area contributed by atoms with Gasteiger partial charge in [0.05, 0.1) is 24.6 Å². The fourth-order valence-corrected chi connectivity index (χ4v) is 10.5. The number of fused-ring (bicyclic) bond motifs is 1. The maximum Gasteiger partial charge on any atom is 0.410 e. The number of likely N-dealkylation sites (tertiary alicyclic amines) is 1. The number of sulfonamides is 2. The predicted molar refractivity (Wildman–Crippen MR) is 219 cm³/mol. The van der Waals surface area contributed by atoms with E-state index in [1.807, 2.05) is 20.8 Å². The summed E-state index contributed by atoms with van der Waals surface area (Å²) >= 11 is 0. The first kappa shape index (κ1) is 45.4. The minimum Gasteiger partial charge on any atom is -0.444 e. The summed E-state index contributed by atoms with van der Waals surface area (Å²) in [5, 5.41) is 5.04. The molecule has 2 heterocycles. The van der Waals surface area contributed by atoms with Crippen molar-refractivity contribution in [2.24, 2.45) is 23.2 Å². The third kappa shape index (κ3) is 10.2. The monoisotopic (exact) mass is 878 g/mol. The van der Waals surface area contributed by atoms with E-state index in [2.05, 4.69) is 21.9 Å². The van der Waals surface area contributed by atoms with Crippen molar-refractivity contribution < 1.29 is 49.9 Å². The van der Waals surface area contributed by atoms with Gasteiger partial charge in [0.25, 0.3) is 5.91 Å². The van der Waals surface area contributed by atoms with Crippen LogP contribution in [0.4, 0.5) is 9.18 Å². The molecule has 6 atom stereocenters. The van der Waals surface area contributed by atoms with E-state index in [4.69, 9.17) is 4.74 Å². The Morgan fingerprint density at radius 3 is 2.32 bits per heavy atom. The van der Waals surface area contributed by atoms with Crippen LogP contribution in [0.1, 0.15) is 96.1 Å². The molecule has 6 rings (SSSR count). The third-order valence-electron chi connectivity index (χ3n) is 12.9. The largest absolute Gasteiger partial charge is 0.444 e. The fourth-order valence-electron chi connectivity index (χ4n) is 8.71. The molecule has 0 spiro atoms. The summed E-state index contributed by atoms with van der Waals surface area (Å²) in [6.45, 7) is 9.22. The first-order valence-electron chi connectivity index (χ1n) is 20.8. The second-order valence-electron chi connectivity index (χ2n) is 18.4. The molecular weight excluding hydrogens is 820 g/mol. The molecule has 0 unspecified atom stereocenters. The summed E-state index contributed by atoms with van der Waals surface area (Å²) < 4.78 is 73.9. The standard InChI is InChI=1S/C41H59FN6O10S2/c1-7-27-20-41(27,38(52)45-60(56,57)29-16-17-29)44-36(50)33-18-28(58-39(53)47-21-26-14-11-15-32(42)31(26)23-47)22-48(33)37(51)30(25-12-9-8-10-13-25)19-35(49)43-34(40(2,3)4)24-46(5)59(6,54)55/h7,11,14-15,25,27-30,33-34H,1,8-10,12-13,16-24H2,2-6H3,(H,43,49)(H,44,50)(H,45,52)/t27-,28-,30-,33+,34+,41+/m1/s1.